The van der Waals surface area contributed by atoms with Crippen molar-refractivity contribution in [1.82, 2.24) is 0 Å². The Balaban J connectivity index is 1.83. The molecular weight excluding hydrogens is 865 g/mol. The van der Waals surface area contributed by atoms with Crippen LogP contribution in [0.4, 0.5) is 0 Å². The zero-order valence-electron chi connectivity index (χ0n) is 40.4. The molecule has 7 N–H and O–H groups in total. The van der Waals surface area contributed by atoms with Crippen molar-refractivity contribution in [2.24, 2.45) is 0 Å². The number of hydrogen-bond donors (Lipinski definition) is 7. The van der Waals surface area contributed by atoms with E-state index in [1.165, 1.54) is 19.3 Å². The van der Waals surface area contributed by atoms with Crippen molar-refractivity contribution in [3.63, 3.8) is 0 Å². The maximum atomic E-state index is 13.0. The van der Waals surface area contributed by atoms with Gasteiger partial charge in [0.2, 0.25) is 0 Å². The summed E-state index contributed by atoms with van der Waals surface area (Å²) >= 11 is 0. The Morgan fingerprint density at radius 1 is 0.493 bits per heavy atom. The standard InChI is InChI=1S/C52H86O15/c1-3-5-7-9-11-13-15-17-18-19-20-21-22-23-25-26-28-30-32-34-43(54)62-37-40(65-44(55)35-33-31-29-27-24-16-14-12-10-8-6-4-2)38-63-51-50(61)48(59)46(57)42(67-51)39-64-52-49(60)47(58)45(56)41(36-53)66-52/h5,7,11-14,17-18,20-21,23,25,40-42,45-53,56-61H,3-4,6,8-10,15-16,19,22,24,26-39H2,1-2H3/b7-5+,13-11+,14-12+,18-17+,21-20+,25-23+/t40-,41+,42+,45-,46-,47?,48?,49?,50?,51+,52+/m0/s1. The predicted octanol–water partition coefficient (Wildman–Crippen LogP) is 6.65. The average Bonchev–Trinajstić information content (AvgIpc) is 3.32. The van der Waals surface area contributed by atoms with E-state index in [0.29, 0.717) is 12.8 Å². The Labute approximate surface area is 400 Å². The van der Waals surface area contributed by atoms with Gasteiger partial charge in [-0.2, -0.15) is 0 Å². The van der Waals surface area contributed by atoms with Gasteiger partial charge in [-0.3, -0.25) is 9.59 Å². The lowest BCUT2D eigenvalue weighted by molar-refractivity contribution is -0.332. The van der Waals surface area contributed by atoms with E-state index in [2.05, 4.69) is 86.8 Å². The molecule has 0 aromatic rings. The minimum absolute atomic E-state index is 0.143. The summed E-state index contributed by atoms with van der Waals surface area (Å²) in [6.45, 7) is 2.38. The van der Waals surface area contributed by atoms with Crippen molar-refractivity contribution in [2.45, 2.75) is 216 Å². The highest BCUT2D eigenvalue weighted by atomic mass is 16.7. The maximum absolute atomic E-state index is 13.0. The van der Waals surface area contributed by atoms with Crippen LogP contribution in [0.3, 0.4) is 0 Å². The number of allylic oxidation sites excluding steroid dienone is 12. The van der Waals surface area contributed by atoms with E-state index in [4.69, 9.17) is 28.4 Å². The molecule has 2 heterocycles. The molecule has 15 nitrogen and oxygen atoms in total. The molecule has 0 saturated carbocycles. The largest absolute Gasteiger partial charge is 0.462 e. The van der Waals surface area contributed by atoms with E-state index in [1.807, 2.05) is 0 Å². The van der Waals surface area contributed by atoms with Crippen LogP contribution in [0.2, 0.25) is 0 Å². The van der Waals surface area contributed by atoms with E-state index < -0.39 is 99.3 Å². The Bertz CT molecular complexity index is 1440. The molecule has 0 bridgehead atoms. The SMILES string of the molecule is CC/C=C/C/C=C/C/C=C/C/C=C/C/C=C/CCCCCC(=O)OC[C@@H](CO[C@@H]1O[C@H](CO[C@@H]2O[C@H](CO)[C@H](O)C(O)C2O)[C@H](O)C(O)C1O)OC(=O)CCCCCCC/C=C/CCCCC. The topological polar surface area (TPSA) is 231 Å². The van der Waals surface area contributed by atoms with E-state index in [9.17, 15) is 45.3 Å². The molecule has 11 atom stereocenters. The highest BCUT2D eigenvalue weighted by molar-refractivity contribution is 5.70. The highest BCUT2D eigenvalue weighted by Gasteiger charge is 2.47. The Morgan fingerprint density at radius 2 is 0.940 bits per heavy atom. The van der Waals surface area contributed by atoms with Crippen molar-refractivity contribution < 1.29 is 73.8 Å². The monoisotopic (exact) mass is 951 g/mol. The highest BCUT2D eigenvalue weighted by Crippen LogP contribution is 2.26. The number of esters is 2. The predicted molar refractivity (Wildman–Crippen MR) is 256 cm³/mol. The van der Waals surface area contributed by atoms with Gasteiger partial charge in [-0.25, -0.2) is 0 Å². The lowest BCUT2D eigenvalue weighted by Gasteiger charge is -2.42. The van der Waals surface area contributed by atoms with Gasteiger partial charge < -0.3 is 64.2 Å². The molecule has 2 fully saturated rings. The van der Waals surface area contributed by atoms with Crippen LogP contribution in [0.1, 0.15) is 149 Å². The molecular formula is C52H86O15. The zero-order chi connectivity index (χ0) is 48.9. The summed E-state index contributed by atoms with van der Waals surface area (Å²) in [6, 6.07) is 0. The smallest absolute Gasteiger partial charge is 0.306 e. The molecule has 2 aliphatic heterocycles. The zero-order valence-corrected chi connectivity index (χ0v) is 40.4. The first kappa shape index (κ1) is 60.1. The summed E-state index contributed by atoms with van der Waals surface area (Å²) in [5, 5.41) is 72.0. The van der Waals surface area contributed by atoms with Crippen LogP contribution in [0.5, 0.6) is 0 Å². The fraction of sp³-hybridized carbons (Fsp3) is 0.731. The molecule has 67 heavy (non-hydrogen) atoms. The molecule has 2 aliphatic rings. The van der Waals surface area contributed by atoms with Gasteiger partial charge in [0.25, 0.3) is 0 Å². The first-order valence-corrected chi connectivity index (χ1v) is 25.0. The van der Waals surface area contributed by atoms with Gasteiger partial charge >= 0.3 is 11.9 Å². The fourth-order valence-electron chi connectivity index (χ4n) is 7.29. The van der Waals surface area contributed by atoms with Crippen LogP contribution in [0.15, 0.2) is 72.9 Å². The van der Waals surface area contributed by atoms with Crippen molar-refractivity contribution in [2.75, 3.05) is 26.4 Å². The number of unbranched alkanes of at least 4 members (excludes halogenated alkanes) is 11. The molecule has 2 saturated heterocycles. The van der Waals surface area contributed by atoms with Crippen LogP contribution >= 0.6 is 0 Å². The van der Waals surface area contributed by atoms with Crippen molar-refractivity contribution >= 4 is 11.9 Å². The second kappa shape index (κ2) is 38.8. The molecule has 384 valence electrons. The molecule has 0 radical (unpaired) electrons. The third kappa shape index (κ3) is 27.1. The summed E-state index contributed by atoms with van der Waals surface area (Å²) < 4.78 is 33.5. The molecule has 0 amide bonds. The average molecular weight is 951 g/mol. The fourth-order valence-corrected chi connectivity index (χ4v) is 7.29. The van der Waals surface area contributed by atoms with Crippen LogP contribution in [0, 0.1) is 0 Å². The van der Waals surface area contributed by atoms with Crippen molar-refractivity contribution in [3.05, 3.63) is 72.9 Å². The van der Waals surface area contributed by atoms with Crippen LogP contribution in [0.25, 0.3) is 0 Å². The second-order valence-corrected chi connectivity index (χ2v) is 17.3. The lowest BCUT2D eigenvalue weighted by Crippen LogP contribution is -2.61. The van der Waals surface area contributed by atoms with Gasteiger partial charge in [0, 0.05) is 12.8 Å². The molecule has 0 aromatic carbocycles. The maximum Gasteiger partial charge on any atom is 0.306 e. The third-order valence-corrected chi connectivity index (χ3v) is 11.4. The number of rotatable bonds is 37. The molecule has 0 aromatic heterocycles. The van der Waals surface area contributed by atoms with Gasteiger partial charge in [-0.05, 0) is 83.5 Å². The molecule has 0 spiro atoms. The number of aliphatic hydroxyl groups is 7. The number of carbonyl (C=O) groups excluding carboxylic acids is 2. The summed E-state index contributed by atoms with van der Waals surface area (Å²) in [5.74, 6) is -0.981. The van der Waals surface area contributed by atoms with Crippen LogP contribution in [-0.4, -0.2) is 142 Å². The Kier molecular flexibility index (Phi) is 34.7. The molecule has 15 heteroatoms. The summed E-state index contributed by atoms with van der Waals surface area (Å²) in [7, 11) is 0. The van der Waals surface area contributed by atoms with E-state index in [1.54, 1.807) is 0 Å². The van der Waals surface area contributed by atoms with Crippen molar-refractivity contribution in [1.29, 1.82) is 0 Å². The number of aliphatic hydroxyl groups excluding tert-OH is 7. The van der Waals surface area contributed by atoms with Crippen LogP contribution < -0.4 is 0 Å². The van der Waals surface area contributed by atoms with Gasteiger partial charge in [0.1, 0.15) is 55.4 Å². The van der Waals surface area contributed by atoms with E-state index in [0.717, 1.165) is 89.9 Å². The summed E-state index contributed by atoms with van der Waals surface area (Å²) in [4.78, 5) is 25.7. The van der Waals surface area contributed by atoms with Gasteiger partial charge in [-0.15, -0.1) is 0 Å². The van der Waals surface area contributed by atoms with E-state index >= 15 is 0 Å². The molecule has 4 unspecified atom stereocenters. The number of ether oxygens (including phenoxy) is 6. The van der Waals surface area contributed by atoms with Gasteiger partial charge in [-0.1, -0.05) is 125 Å². The normalized spacial score (nSPS) is 26.6. The molecule has 2 rings (SSSR count). The first-order chi connectivity index (χ1) is 32.5. The summed E-state index contributed by atoms with van der Waals surface area (Å²) in [5.41, 5.74) is 0. The minimum Gasteiger partial charge on any atom is -0.462 e. The number of hydrogen-bond acceptors (Lipinski definition) is 15. The van der Waals surface area contributed by atoms with Crippen LogP contribution in [-0.2, 0) is 38.0 Å². The third-order valence-electron chi connectivity index (χ3n) is 11.4. The Hall–Kier alpha value is -3.06. The minimum atomic E-state index is -1.77. The first-order valence-electron chi connectivity index (χ1n) is 25.0. The van der Waals surface area contributed by atoms with Gasteiger partial charge in [0.15, 0.2) is 18.7 Å². The lowest BCUT2D eigenvalue weighted by atomic mass is 9.98. The summed E-state index contributed by atoms with van der Waals surface area (Å²) in [6.07, 6.45) is 27.9. The number of carbonyl (C=O) groups is 2. The Morgan fingerprint density at radius 3 is 1.51 bits per heavy atom. The van der Waals surface area contributed by atoms with Gasteiger partial charge in [0.05, 0.1) is 19.8 Å². The molecule has 0 aliphatic carbocycles. The van der Waals surface area contributed by atoms with Crippen molar-refractivity contribution in [3.8, 4) is 0 Å². The second-order valence-electron chi connectivity index (χ2n) is 17.3. The van der Waals surface area contributed by atoms with E-state index in [-0.39, 0.29) is 19.4 Å². The quantitative estimate of drug-likeness (QED) is 0.0196.